The van der Waals surface area contributed by atoms with Crippen molar-refractivity contribution in [1.29, 1.82) is 0 Å². The molecule has 0 aromatic heterocycles. The summed E-state index contributed by atoms with van der Waals surface area (Å²) in [5.74, 6) is 0. The van der Waals surface area contributed by atoms with Crippen molar-refractivity contribution < 1.29 is 23.8 Å². The zero-order valence-corrected chi connectivity index (χ0v) is 15.0. The van der Waals surface area contributed by atoms with Gasteiger partial charge in [-0.3, -0.25) is 4.90 Å². The van der Waals surface area contributed by atoms with Gasteiger partial charge < -0.3 is 19.5 Å². The molecule has 25 heavy (non-hydrogen) atoms. The van der Waals surface area contributed by atoms with E-state index in [2.05, 4.69) is 5.32 Å². The predicted octanol–water partition coefficient (Wildman–Crippen LogP) is 2.55. The zero-order chi connectivity index (χ0) is 18.3. The van der Waals surface area contributed by atoms with E-state index in [1.807, 2.05) is 30.3 Å². The van der Waals surface area contributed by atoms with Gasteiger partial charge in [-0.05, 0) is 26.3 Å². The standard InChI is InChI=1S/C18H26N2O5/c1-18(2,3)25-16(21)19-11-15-13-23-10-9-20(15)17(22)24-12-14-7-5-4-6-8-14/h4-8,15H,9-13H2,1-3H3,(H,19,21)/t15-/m0/s1. The van der Waals surface area contributed by atoms with E-state index in [-0.39, 0.29) is 19.2 Å². The second-order valence-electron chi connectivity index (χ2n) is 6.85. The highest BCUT2D eigenvalue weighted by atomic mass is 16.6. The van der Waals surface area contributed by atoms with Crippen LogP contribution in [0.1, 0.15) is 26.3 Å². The topological polar surface area (TPSA) is 77.1 Å². The van der Waals surface area contributed by atoms with Gasteiger partial charge in [-0.25, -0.2) is 9.59 Å². The number of ether oxygens (including phenoxy) is 3. The highest BCUT2D eigenvalue weighted by Gasteiger charge is 2.29. The number of alkyl carbamates (subject to hydrolysis) is 1. The van der Waals surface area contributed by atoms with Crippen molar-refractivity contribution in [2.75, 3.05) is 26.3 Å². The molecule has 1 saturated heterocycles. The molecule has 1 fully saturated rings. The largest absolute Gasteiger partial charge is 0.445 e. The molecule has 1 aliphatic heterocycles. The maximum absolute atomic E-state index is 12.4. The molecule has 2 amide bonds. The summed E-state index contributed by atoms with van der Waals surface area (Å²) in [5.41, 5.74) is 0.356. The van der Waals surface area contributed by atoms with Crippen LogP contribution in [0.5, 0.6) is 0 Å². The highest BCUT2D eigenvalue weighted by Crippen LogP contribution is 2.11. The Bertz CT molecular complexity index is 571. The fraction of sp³-hybridized carbons (Fsp3) is 0.556. The van der Waals surface area contributed by atoms with Gasteiger partial charge in [0.2, 0.25) is 0 Å². The summed E-state index contributed by atoms with van der Waals surface area (Å²) in [5, 5.41) is 2.68. The van der Waals surface area contributed by atoms with E-state index in [9.17, 15) is 9.59 Å². The first-order valence-corrected chi connectivity index (χ1v) is 8.37. The zero-order valence-electron chi connectivity index (χ0n) is 15.0. The van der Waals surface area contributed by atoms with Crippen LogP contribution in [0.25, 0.3) is 0 Å². The lowest BCUT2D eigenvalue weighted by Crippen LogP contribution is -2.54. The monoisotopic (exact) mass is 350 g/mol. The van der Waals surface area contributed by atoms with Gasteiger partial charge in [0.15, 0.2) is 0 Å². The number of nitrogens with one attached hydrogen (secondary N) is 1. The Balaban J connectivity index is 1.84. The molecular formula is C18H26N2O5. The molecule has 0 aliphatic carbocycles. The molecule has 1 aromatic rings. The molecule has 0 unspecified atom stereocenters. The van der Waals surface area contributed by atoms with Gasteiger partial charge in [-0.2, -0.15) is 0 Å². The van der Waals surface area contributed by atoms with Crippen molar-refractivity contribution in [2.24, 2.45) is 0 Å². The van der Waals surface area contributed by atoms with Crippen LogP contribution in [0.3, 0.4) is 0 Å². The van der Waals surface area contributed by atoms with E-state index < -0.39 is 17.8 Å². The van der Waals surface area contributed by atoms with Crippen LogP contribution in [0.2, 0.25) is 0 Å². The normalized spacial score (nSPS) is 17.7. The summed E-state index contributed by atoms with van der Waals surface area (Å²) in [6.07, 6.45) is -0.932. The van der Waals surface area contributed by atoms with Crippen molar-refractivity contribution in [3.05, 3.63) is 35.9 Å². The lowest BCUT2D eigenvalue weighted by Gasteiger charge is -2.34. The number of carbonyl (C=O) groups excluding carboxylic acids is 2. The average molecular weight is 350 g/mol. The molecule has 2 rings (SSSR count). The number of amides is 2. The van der Waals surface area contributed by atoms with Gasteiger partial charge in [0.05, 0.1) is 19.3 Å². The van der Waals surface area contributed by atoms with E-state index in [0.29, 0.717) is 19.8 Å². The summed E-state index contributed by atoms with van der Waals surface area (Å²) in [7, 11) is 0. The fourth-order valence-electron chi connectivity index (χ4n) is 2.38. The van der Waals surface area contributed by atoms with E-state index >= 15 is 0 Å². The van der Waals surface area contributed by atoms with Gasteiger partial charge in [0.25, 0.3) is 0 Å². The van der Waals surface area contributed by atoms with Crippen LogP contribution in [-0.2, 0) is 20.8 Å². The number of rotatable bonds is 4. The molecule has 0 radical (unpaired) electrons. The van der Waals surface area contributed by atoms with Crippen LogP contribution >= 0.6 is 0 Å². The minimum atomic E-state index is -0.568. The molecule has 7 heteroatoms. The maximum atomic E-state index is 12.4. The number of hydrogen-bond acceptors (Lipinski definition) is 5. The first-order chi connectivity index (χ1) is 11.8. The Hall–Kier alpha value is -2.28. The molecule has 1 atom stereocenters. The van der Waals surface area contributed by atoms with Gasteiger partial charge in [-0.1, -0.05) is 30.3 Å². The van der Waals surface area contributed by atoms with E-state index in [4.69, 9.17) is 14.2 Å². The van der Waals surface area contributed by atoms with E-state index in [1.54, 1.807) is 25.7 Å². The van der Waals surface area contributed by atoms with E-state index in [1.165, 1.54) is 0 Å². The van der Waals surface area contributed by atoms with Gasteiger partial charge in [0, 0.05) is 13.1 Å². The quantitative estimate of drug-likeness (QED) is 0.903. The molecule has 1 aliphatic rings. The first kappa shape index (κ1) is 19.1. The SMILES string of the molecule is CC(C)(C)OC(=O)NC[C@H]1COCCN1C(=O)OCc1ccccc1. The Morgan fingerprint density at radius 2 is 2.00 bits per heavy atom. The second kappa shape index (κ2) is 8.71. The Kier molecular flexibility index (Phi) is 6.64. The summed E-state index contributed by atoms with van der Waals surface area (Å²) < 4.78 is 16.0. The summed E-state index contributed by atoms with van der Waals surface area (Å²) in [6, 6.07) is 9.20. The molecule has 0 saturated carbocycles. The predicted molar refractivity (Wildman–Crippen MR) is 92.2 cm³/mol. The molecule has 7 nitrogen and oxygen atoms in total. The highest BCUT2D eigenvalue weighted by molar-refractivity contribution is 5.69. The molecule has 1 aromatic carbocycles. The molecular weight excluding hydrogens is 324 g/mol. The van der Waals surface area contributed by atoms with Gasteiger partial charge >= 0.3 is 12.2 Å². The minimum Gasteiger partial charge on any atom is -0.445 e. The van der Waals surface area contributed by atoms with Crippen LogP contribution in [0.15, 0.2) is 30.3 Å². The van der Waals surface area contributed by atoms with Crippen molar-refractivity contribution in [3.63, 3.8) is 0 Å². The smallest absolute Gasteiger partial charge is 0.410 e. The minimum absolute atomic E-state index is 0.212. The third-order valence-electron chi connectivity index (χ3n) is 3.55. The molecule has 138 valence electrons. The third kappa shape index (κ3) is 6.62. The number of morpholine rings is 1. The maximum Gasteiger partial charge on any atom is 0.410 e. The number of nitrogens with zero attached hydrogens (tertiary/aromatic N) is 1. The van der Waals surface area contributed by atoms with Crippen LogP contribution < -0.4 is 5.32 Å². The van der Waals surface area contributed by atoms with Crippen molar-refractivity contribution in [1.82, 2.24) is 10.2 Å². The lowest BCUT2D eigenvalue weighted by atomic mass is 10.2. The van der Waals surface area contributed by atoms with Crippen LogP contribution in [-0.4, -0.2) is 55.0 Å². The van der Waals surface area contributed by atoms with Crippen molar-refractivity contribution in [3.8, 4) is 0 Å². The summed E-state index contributed by atoms with van der Waals surface area (Å²) in [6.45, 7) is 7.06. The molecule has 1 heterocycles. The first-order valence-electron chi connectivity index (χ1n) is 8.37. The average Bonchev–Trinajstić information content (AvgIpc) is 2.57. The van der Waals surface area contributed by atoms with Crippen molar-refractivity contribution in [2.45, 2.75) is 39.0 Å². The van der Waals surface area contributed by atoms with Crippen LogP contribution in [0, 0.1) is 0 Å². The van der Waals surface area contributed by atoms with E-state index in [0.717, 1.165) is 5.56 Å². The lowest BCUT2D eigenvalue weighted by molar-refractivity contribution is -0.0116. The molecule has 1 N–H and O–H groups in total. The summed E-state index contributed by atoms with van der Waals surface area (Å²) in [4.78, 5) is 25.7. The Morgan fingerprint density at radius 1 is 1.28 bits per heavy atom. The van der Waals surface area contributed by atoms with Gasteiger partial charge in [-0.15, -0.1) is 0 Å². The second-order valence-corrected chi connectivity index (χ2v) is 6.85. The van der Waals surface area contributed by atoms with Crippen molar-refractivity contribution >= 4 is 12.2 Å². The molecule has 0 bridgehead atoms. The number of carbonyl (C=O) groups is 2. The number of benzene rings is 1. The third-order valence-corrected chi connectivity index (χ3v) is 3.55. The number of hydrogen-bond donors (Lipinski definition) is 1. The Morgan fingerprint density at radius 3 is 2.68 bits per heavy atom. The summed E-state index contributed by atoms with van der Waals surface area (Å²) >= 11 is 0. The molecule has 0 spiro atoms. The van der Waals surface area contributed by atoms with Crippen LogP contribution in [0.4, 0.5) is 9.59 Å². The van der Waals surface area contributed by atoms with Gasteiger partial charge in [0.1, 0.15) is 12.2 Å². The Labute approximate surface area is 148 Å². The fourth-order valence-corrected chi connectivity index (χ4v) is 2.38.